The molecule has 0 radical (unpaired) electrons. The van der Waals surface area contributed by atoms with Crippen LogP contribution >= 0.6 is 0 Å². The van der Waals surface area contributed by atoms with Gasteiger partial charge in [-0.3, -0.25) is 9.58 Å². The van der Waals surface area contributed by atoms with Crippen molar-refractivity contribution in [1.82, 2.24) is 24.6 Å². The highest BCUT2D eigenvalue weighted by Gasteiger charge is 2.35. The molecule has 1 aliphatic carbocycles. The molecule has 5 nitrogen and oxygen atoms in total. The summed E-state index contributed by atoms with van der Waals surface area (Å²) >= 11 is 0. The first kappa shape index (κ1) is 16.7. The first-order valence-corrected chi connectivity index (χ1v) is 9.65. The lowest BCUT2D eigenvalue weighted by molar-refractivity contribution is 0.199. The molecule has 1 N–H and O–H groups in total. The Balaban J connectivity index is 1.56. The highest BCUT2D eigenvalue weighted by molar-refractivity contribution is 5.38. The van der Waals surface area contributed by atoms with Gasteiger partial charge in [-0.2, -0.15) is 5.10 Å². The van der Waals surface area contributed by atoms with E-state index in [2.05, 4.69) is 20.0 Å². The monoisotopic (exact) mass is 365 g/mol. The Labute approximate surface area is 158 Å². The van der Waals surface area contributed by atoms with E-state index in [0.29, 0.717) is 11.5 Å². The standard InChI is InChI=1S/C21H24FN5/c1-13-16(4-3-5-17(13)22)21-19-18(23-12-24-19)8-9-27(21)11-15-10-25-26(2)20(15)14-6-7-14/h3-5,10,12,14,21H,6-9,11H2,1-2H3,(H,23,24)/t21-/m0/s1. The van der Waals surface area contributed by atoms with Gasteiger partial charge < -0.3 is 4.98 Å². The molecule has 0 saturated heterocycles. The van der Waals surface area contributed by atoms with Gasteiger partial charge >= 0.3 is 0 Å². The lowest BCUT2D eigenvalue weighted by Gasteiger charge is -2.36. The van der Waals surface area contributed by atoms with E-state index in [1.807, 2.05) is 30.9 Å². The number of imidazole rings is 1. The summed E-state index contributed by atoms with van der Waals surface area (Å²) in [6.45, 7) is 3.59. The highest BCUT2D eigenvalue weighted by Crippen LogP contribution is 2.43. The fourth-order valence-corrected chi connectivity index (χ4v) is 4.48. The zero-order valence-electron chi connectivity index (χ0n) is 15.7. The van der Waals surface area contributed by atoms with Gasteiger partial charge in [0.1, 0.15) is 5.82 Å². The fourth-order valence-electron chi connectivity index (χ4n) is 4.48. The molecule has 5 rings (SSSR count). The van der Waals surface area contributed by atoms with Gasteiger partial charge in [-0.15, -0.1) is 0 Å². The van der Waals surface area contributed by atoms with Crippen LogP contribution in [0.3, 0.4) is 0 Å². The van der Waals surface area contributed by atoms with E-state index < -0.39 is 0 Å². The van der Waals surface area contributed by atoms with Crippen molar-refractivity contribution in [2.75, 3.05) is 6.54 Å². The van der Waals surface area contributed by atoms with Crippen LogP contribution in [0.25, 0.3) is 0 Å². The van der Waals surface area contributed by atoms with Gasteiger partial charge in [-0.25, -0.2) is 9.37 Å². The summed E-state index contributed by atoms with van der Waals surface area (Å²) in [5, 5.41) is 4.52. The van der Waals surface area contributed by atoms with E-state index >= 15 is 0 Å². The predicted molar refractivity (Wildman–Crippen MR) is 101 cm³/mol. The van der Waals surface area contributed by atoms with E-state index in [0.717, 1.165) is 36.5 Å². The molecular formula is C21H24FN5. The summed E-state index contributed by atoms with van der Waals surface area (Å²) in [6.07, 6.45) is 7.20. The Morgan fingerprint density at radius 3 is 2.96 bits per heavy atom. The van der Waals surface area contributed by atoms with Crippen LogP contribution in [0.2, 0.25) is 0 Å². The Morgan fingerprint density at radius 2 is 2.15 bits per heavy atom. The number of rotatable bonds is 4. The SMILES string of the molecule is Cc1c(F)cccc1[C@H]1c2nc[nH]c2CCN1Cc1cnn(C)c1C1CC1. The summed E-state index contributed by atoms with van der Waals surface area (Å²) in [7, 11) is 2.04. The number of nitrogens with zero attached hydrogens (tertiary/aromatic N) is 4. The zero-order chi connectivity index (χ0) is 18.5. The first-order valence-electron chi connectivity index (χ1n) is 9.65. The summed E-state index contributed by atoms with van der Waals surface area (Å²) < 4.78 is 16.3. The molecule has 1 saturated carbocycles. The second-order valence-corrected chi connectivity index (χ2v) is 7.80. The average Bonchev–Trinajstić information content (AvgIpc) is 3.26. The summed E-state index contributed by atoms with van der Waals surface area (Å²) in [5.41, 5.74) is 6.53. The van der Waals surface area contributed by atoms with Gasteiger partial charge in [0.05, 0.1) is 24.3 Å². The molecule has 6 heteroatoms. The number of hydrogen-bond donors (Lipinski definition) is 1. The molecule has 1 aliphatic heterocycles. The number of aromatic amines is 1. The van der Waals surface area contributed by atoms with Crippen molar-refractivity contribution >= 4 is 0 Å². The van der Waals surface area contributed by atoms with Crippen LogP contribution in [-0.4, -0.2) is 31.2 Å². The van der Waals surface area contributed by atoms with E-state index in [-0.39, 0.29) is 11.9 Å². The maximum absolute atomic E-state index is 14.3. The second kappa shape index (κ2) is 6.30. The number of fused-ring (bicyclic) bond motifs is 1. The van der Waals surface area contributed by atoms with Gasteiger partial charge in [0.2, 0.25) is 0 Å². The number of benzene rings is 1. The molecule has 2 aliphatic rings. The van der Waals surface area contributed by atoms with Crippen LogP contribution < -0.4 is 0 Å². The number of aryl methyl sites for hydroxylation is 1. The van der Waals surface area contributed by atoms with Crippen LogP contribution in [0.5, 0.6) is 0 Å². The molecule has 2 aromatic heterocycles. The maximum Gasteiger partial charge on any atom is 0.126 e. The third-order valence-electron chi connectivity index (χ3n) is 6.03. The fraction of sp³-hybridized carbons (Fsp3) is 0.429. The maximum atomic E-state index is 14.3. The number of halogens is 1. The Morgan fingerprint density at radius 1 is 1.30 bits per heavy atom. The van der Waals surface area contributed by atoms with Crippen LogP contribution in [0.15, 0.2) is 30.7 Å². The van der Waals surface area contributed by atoms with Gasteiger partial charge in [0.15, 0.2) is 0 Å². The molecule has 27 heavy (non-hydrogen) atoms. The minimum absolute atomic E-state index is 0.0389. The van der Waals surface area contributed by atoms with Crippen molar-refractivity contribution in [2.24, 2.45) is 7.05 Å². The lowest BCUT2D eigenvalue weighted by atomic mass is 9.92. The van der Waals surface area contributed by atoms with Crippen molar-refractivity contribution < 1.29 is 4.39 Å². The predicted octanol–water partition coefficient (Wildman–Crippen LogP) is 3.62. The molecule has 1 aromatic carbocycles. The topological polar surface area (TPSA) is 49.7 Å². The van der Waals surface area contributed by atoms with Crippen LogP contribution in [0.1, 0.15) is 58.6 Å². The minimum atomic E-state index is -0.157. The number of hydrogen-bond acceptors (Lipinski definition) is 3. The van der Waals surface area contributed by atoms with Crippen LogP contribution in [0, 0.1) is 12.7 Å². The smallest absolute Gasteiger partial charge is 0.126 e. The van der Waals surface area contributed by atoms with Crippen molar-refractivity contribution in [3.63, 3.8) is 0 Å². The summed E-state index contributed by atoms with van der Waals surface area (Å²) in [5.74, 6) is 0.489. The van der Waals surface area contributed by atoms with Crippen LogP contribution in [0.4, 0.5) is 4.39 Å². The molecule has 140 valence electrons. The largest absolute Gasteiger partial charge is 0.348 e. The van der Waals surface area contributed by atoms with Crippen molar-refractivity contribution in [3.05, 3.63) is 70.3 Å². The van der Waals surface area contributed by atoms with Gasteiger partial charge in [0.25, 0.3) is 0 Å². The number of aromatic nitrogens is 4. The van der Waals surface area contributed by atoms with Crippen molar-refractivity contribution in [2.45, 2.75) is 44.7 Å². The molecule has 0 bridgehead atoms. The zero-order valence-corrected chi connectivity index (χ0v) is 15.7. The molecule has 3 aromatic rings. The molecule has 3 heterocycles. The average molecular weight is 365 g/mol. The number of nitrogens with one attached hydrogen (secondary N) is 1. The van der Waals surface area contributed by atoms with Gasteiger partial charge in [0, 0.05) is 49.4 Å². The molecule has 1 fully saturated rings. The Hall–Kier alpha value is -2.47. The molecule has 0 amide bonds. The third kappa shape index (κ3) is 2.79. The normalized spacial score (nSPS) is 20.0. The summed E-state index contributed by atoms with van der Waals surface area (Å²) in [4.78, 5) is 10.3. The minimum Gasteiger partial charge on any atom is -0.348 e. The van der Waals surface area contributed by atoms with Crippen LogP contribution in [-0.2, 0) is 20.0 Å². The van der Waals surface area contributed by atoms with E-state index in [9.17, 15) is 4.39 Å². The van der Waals surface area contributed by atoms with Gasteiger partial charge in [-0.1, -0.05) is 12.1 Å². The van der Waals surface area contributed by atoms with E-state index in [1.54, 1.807) is 12.4 Å². The van der Waals surface area contributed by atoms with Crippen molar-refractivity contribution in [3.8, 4) is 0 Å². The van der Waals surface area contributed by atoms with Gasteiger partial charge in [-0.05, 0) is 37.0 Å². The molecular weight excluding hydrogens is 341 g/mol. The lowest BCUT2D eigenvalue weighted by Crippen LogP contribution is -2.36. The molecule has 0 spiro atoms. The summed E-state index contributed by atoms with van der Waals surface area (Å²) in [6, 6.07) is 5.33. The number of H-pyrrole nitrogens is 1. The Kier molecular flexibility index (Phi) is 3.90. The molecule has 1 atom stereocenters. The van der Waals surface area contributed by atoms with E-state index in [4.69, 9.17) is 0 Å². The molecule has 0 unspecified atom stereocenters. The Bertz CT molecular complexity index is 984. The quantitative estimate of drug-likeness (QED) is 0.768. The van der Waals surface area contributed by atoms with E-state index in [1.165, 1.54) is 30.2 Å². The second-order valence-electron chi connectivity index (χ2n) is 7.80. The van der Waals surface area contributed by atoms with Crippen molar-refractivity contribution in [1.29, 1.82) is 0 Å². The third-order valence-corrected chi connectivity index (χ3v) is 6.03. The highest BCUT2D eigenvalue weighted by atomic mass is 19.1. The first-order chi connectivity index (χ1) is 13.1.